The Hall–Kier alpha value is -3.57. The van der Waals surface area contributed by atoms with E-state index >= 15 is 0 Å². The molecule has 8 heteroatoms. The molecule has 1 aromatic heterocycles. The summed E-state index contributed by atoms with van der Waals surface area (Å²) in [6, 6.07) is 18.2. The summed E-state index contributed by atoms with van der Waals surface area (Å²) in [7, 11) is -3.98. The number of sulfone groups is 1. The molecule has 0 radical (unpaired) electrons. The van der Waals surface area contributed by atoms with Crippen LogP contribution in [-0.4, -0.2) is 23.4 Å². The first-order valence-electron chi connectivity index (χ1n) is 7.95. The van der Waals surface area contributed by atoms with E-state index in [4.69, 9.17) is 0 Å². The summed E-state index contributed by atoms with van der Waals surface area (Å²) in [4.78, 5) is 8.43. The van der Waals surface area contributed by atoms with Crippen LogP contribution in [0.1, 0.15) is 5.82 Å². The summed E-state index contributed by atoms with van der Waals surface area (Å²) in [6.45, 7) is 1.80. The highest BCUT2D eigenvalue weighted by Gasteiger charge is 2.22. The highest BCUT2D eigenvalue weighted by atomic mass is 32.2. The predicted molar refractivity (Wildman–Crippen MR) is 103 cm³/mol. The van der Waals surface area contributed by atoms with Gasteiger partial charge in [0.15, 0.2) is 0 Å². The van der Waals surface area contributed by atoms with Crippen molar-refractivity contribution in [3.05, 3.63) is 72.7 Å². The van der Waals surface area contributed by atoms with Gasteiger partial charge in [0.2, 0.25) is 9.84 Å². The van der Waals surface area contributed by atoms with Gasteiger partial charge in [-0.1, -0.05) is 30.3 Å². The standard InChI is InChI=1S/C19H15N5O2S/c1-14-21-11-10-18(22-14)15-6-5-7-16(12-15)23-24-19(13-20)27(25,26)17-8-3-2-4-9-17/h2-12,23H,1H3. The lowest BCUT2D eigenvalue weighted by Crippen LogP contribution is -2.15. The van der Waals surface area contributed by atoms with E-state index in [1.165, 1.54) is 12.1 Å². The molecule has 0 atom stereocenters. The fraction of sp³-hybridized carbons (Fsp3) is 0.0526. The first-order valence-corrected chi connectivity index (χ1v) is 9.43. The van der Waals surface area contributed by atoms with Crippen molar-refractivity contribution < 1.29 is 8.42 Å². The summed E-state index contributed by atoms with van der Waals surface area (Å²) in [6.07, 6.45) is 1.66. The van der Waals surface area contributed by atoms with Crippen LogP contribution in [0.3, 0.4) is 0 Å². The first kappa shape index (κ1) is 18.2. The molecule has 0 saturated heterocycles. The quantitative estimate of drug-likeness (QED) is 0.425. The second-order valence-electron chi connectivity index (χ2n) is 5.53. The third-order valence-electron chi connectivity index (χ3n) is 3.62. The second-order valence-corrected chi connectivity index (χ2v) is 7.39. The highest BCUT2D eigenvalue weighted by molar-refractivity contribution is 8.07. The van der Waals surface area contributed by atoms with E-state index in [9.17, 15) is 13.7 Å². The van der Waals surface area contributed by atoms with Crippen molar-refractivity contribution in [2.24, 2.45) is 5.10 Å². The van der Waals surface area contributed by atoms with Crippen molar-refractivity contribution >= 4 is 20.6 Å². The Morgan fingerprint density at radius 3 is 2.59 bits per heavy atom. The number of hydrogen-bond donors (Lipinski definition) is 1. The number of nitriles is 1. The summed E-state index contributed by atoms with van der Waals surface area (Å²) < 4.78 is 25.0. The van der Waals surface area contributed by atoms with Crippen molar-refractivity contribution in [3.8, 4) is 17.3 Å². The zero-order chi connectivity index (χ0) is 19.3. The molecule has 0 aliphatic heterocycles. The molecule has 0 saturated carbocycles. The zero-order valence-corrected chi connectivity index (χ0v) is 15.2. The molecule has 0 unspecified atom stereocenters. The maximum Gasteiger partial charge on any atom is 0.256 e. The van der Waals surface area contributed by atoms with E-state index in [0.717, 1.165) is 11.3 Å². The maximum atomic E-state index is 12.5. The molecule has 0 spiro atoms. The molecule has 2 aromatic carbocycles. The van der Waals surface area contributed by atoms with Gasteiger partial charge in [0.05, 0.1) is 16.3 Å². The van der Waals surface area contributed by atoms with Crippen LogP contribution in [0.5, 0.6) is 0 Å². The topological polar surface area (TPSA) is 108 Å². The van der Waals surface area contributed by atoms with Crippen molar-refractivity contribution in [2.75, 3.05) is 5.43 Å². The first-order chi connectivity index (χ1) is 13.0. The molecule has 1 heterocycles. The average Bonchev–Trinajstić information content (AvgIpc) is 2.69. The molecule has 0 aliphatic rings. The highest BCUT2D eigenvalue weighted by Crippen LogP contribution is 2.21. The van der Waals surface area contributed by atoms with Gasteiger partial charge in [-0.05, 0) is 37.3 Å². The molecule has 0 bridgehead atoms. The van der Waals surface area contributed by atoms with Crippen LogP contribution < -0.4 is 5.43 Å². The summed E-state index contributed by atoms with van der Waals surface area (Å²) in [5.74, 6) is 0.643. The minimum atomic E-state index is -3.98. The van der Waals surface area contributed by atoms with E-state index < -0.39 is 14.9 Å². The van der Waals surface area contributed by atoms with Gasteiger partial charge in [-0.3, -0.25) is 5.43 Å². The molecular weight excluding hydrogens is 362 g/mol. The van der Waals surface area contributed by atoms with E-state index in [2.05, 4.69) is 20.5 Å². The third kappa shape index (κ3) is 4.16. The number of rotatable bonds is 4. The lowest BCUT2D eigenvalue weighted by Gasteiger charge is -2.06. The fourth-order valence-corrected chi connectivity index (χ4v) is 3.36. The molecule has 3 rings (SSSR count). The van der Waals surface area contributed by atoms with Crippen LogP contribution >= 0.6 is 0 Å². The van der Waals surface area contributed by atoms with Crippen LogP contribution in [0.25, 0.3) is 11.3 Å². The molecule has 134 valence electrons. The smallest absolute Gasteiger partial charge is 0.256 e. The second kappa shape index (κ2) is 7.76. The number of nitrogens with zero attached hydrogens (tertiary/aromatic N) is 4. The SMILES string of the molecule is Cc1nccc(-c2cccc(NN=C(C#N)S(=O)(=O)c3ccccc3)c2)n1. The van der Waals surface area contributed by atoms with Crippen molar-refractivity contribution in [1.29, 1.82) is 5.26 Å². The van der Waals surface area contributed by atoms with Gasteiger partial charge in [0.25, 0.3) is 5.04 Å². The van der Waals surface area contributed by atoms with E-state index in [-0.39, 0.29) is 4.90 Å². The summed E-state index contributed by atoms with van der Waals surface area (Å²) in [5.41, 5.74) is 4.71. The van der Waals surface area contributed by atoms with Crippen molar-refractivity contribution in [2.45, 2.75) is 11.8 Å². The van der Waals surface area contributed by atoms with Gasteiger partial charge in [0.1, 0.15) is 11.9 Å². The molecular formula is C19H15N5O2S. The van der Waals surface area contributed by atoms with Gasteiger partial charge in [-0.25, -0.2) is 18.4 Å². The van der Waals surface area contributed by atoms with Gasteiger partial charge in [-0.15, -0.1) is 0 Å². The van der Waals surface area contributed by atoms with Crippen LogP contribution in [-0.2, 0) is 9.84 Å². The predicted octanol–water partition coefficient (Wildman–Crippen LogP) is 3.17. The Bertz CT molecular complexity index is 1140. The normalized spacial score (nSPS) is 11.6. The van der Waals surface area contributed by atoms with Crippen molar-refractivity contribution in [1.82, 2.24) is 9.97 Å². The van der Waals surface area contributed by atoms with Crippen LogP contribution in [0.15, 0.2) is 76.9 Å². The minimum absolute atomic E-state index is 0.0114. The van der Waals surface area contributed by atoms with Crippen LogP contribution in [0.2, 0.25) is 0 Å². The average molecular weight is 377 g/mol. The maximum absolute atomic E-state index is 12.5. The molecule has 0 fully saturated rings. The Kier molecular flexibility index (Phi) is 5.24. The molecule has 3 aromatic rings. The lowest BCUT2D eigenvalue weighted by atomic mass is 10.1. The minimum Gasteiger partial charge on any atom is -0.276 e. The van der Waals surface area contributed by atoms with Crippen molar-refractivity contribution in [3.63, 3.8) is 0 Å². The molecule has 0 aliphatic carbocycles. The van der Waals surface area contributed by atoms with Gasteiger partial charge >= 0.3 is 0 Å². The molecule has 0 amide bonds. The number of hydrogen-bond acceptors (Lipinski definition) is 7. The number of nitrogens with one attached hydrogen (secondary N) is 1. The third-order valence-corrected chi connectivity index (χ3v) is 5.21. The van der Waals surface area contributed by atoms with Gasteiger partial charge in [-0.2, -0.15) is 10.4 Å². The largest absolute Gasteiger partial charge is 0.276 e. The summed E-state index contributed by atoms with van der Waals surface area (Å²) >= 11 is 0. The fourth-order valence-electron chi connectivity index (χ4n) is 2.34. The Morgan fingerprint density at radius 2 is 1.89 bits per heavy atom. The van der Waals surface area contributed by atoms with Gasteiger partial charge in [0, 0.05) is 11.8 Å². The van der Waals surface area contributed by atoms with Gasteiger partial charge < -0.3 is 0 Å². The monoisotopic (exact) mass is 377 g/mol. The van der Waals surface area contributed by atoms with Crippen LogP contribution in [0.4, 0.5) is 5.69 Å². The summed E-state index contributed by atoms with van der Waals surface area (Å²) in [5, 5.41) is 12.4. The number of anilines is 1. The number of aromatic nitrogens is 2. The number of aryl methyl sites for hydroxylation is 1. The number of benzene rings is 2. The van der Waals surface area contributed by atoms with E-state index in [0.29, 0.717) is 11.5 Å². The number of hydrazone groups is 1. The lowest BCUT2D eigenvalue weighted by molar-refractivity contribution is 0.607. The Labute approximate surface area is 157 Å². The van der Waals surface area contributed by atoms with E-state index in [1.54, 1.807) is 61.7 Å². The Balaban J connectivity index is 1.89. The van der Waals surface area contributed by atoms with E-state index in [1.807, 2.05) is 6.07 Å². The zero-order valence-electron chi connectivity index (χ0n) is 14.4. The molecule has 7 nitrogen and oxygen atoms in total. The molecule has 1 N–H and O–H groups in total. The Morgan fingerprint density at radius 1 is 1.11 bits per heavy atom. The molecule has 27 heavy (non-hydrogen) atoms. The van der Waals surface area contributed by atoms with Crippen LogP contribution in [0, 0.1) is 18.3 Å².